The van der Waals surface area contributed by atoms with Crippen LogP contribution in [0.3, 0.4) is 0 Å². The van der Waals surface area contributed by atoms with Gasteiger partial charge in [-0.25, -0.2) is 18.2 Å². The molecule has 0 bridgehead atoms. The fourth-order valence-corrected chi connectivity index (χ4v) is 5.55. The molecule has 0 amide bonds. The van der Waals surface area contributed by atoms with E-state index in [1.165, 1.54) is 40.8 Å². The highest BCUT2D eigenvalue weighted by molar-refractivity contribution is 7.89. The summed E-state index contributed by atoms with van der Waals surface area (Å²) in [5.74, 6) is 1.45. The second-order valence-electron chi connectivity index (χ2n) is 6.89. The van der Waals surface area contributed by atoms with E-state index in [2.05, 4.69) is 24.2 Å². The average molecular weight is 406 g/mol. The summed E-state index contributed by atoms with van der Waals surface area (Å²) >= 11 is 1.39. The average Bonchev–Trinajstić information content (AvgIpc) is 3.26. The van der Waals surface area contributed by atoms with E-state index in [0.717, 1.165) is 11.0 Å². The number of aromatic nitrogens is 4. The first-order valence-corrected chi connectivity index (χ1v) is 11.0. The highest BCUT2D eigenvalue weighted by Crippen LogP contribution is 2.39. The van der Waals surface area contributed by atoms with Crippen molar-refractivity contribution < 1.29 is 8.42 Å². The number of aromatic amines is 2. The number of H-pyrrole nitrogens is 2. The monoisotopic (exact) mass is 406 g/mol. The number of piperazine rings is 1. The molecule has 11 heteroatoms. The quantitative estimate of drug-likeness (QED) is 0.670. The van der Waals surface area contributed by atoms with Crippen molar-refractivity contribution in [1.29, 1.82) is 0 Å². The summed E-state index contributed by atoms with van der Waals surface area (Å²) in [6, 6.07) is 4.64. The molecule has 1 aromatic carbocycles. The molecule has 3 aromatic rings. The largest absolute Gasteiger partial charge is 0.344 e. The SMILES string of the molecule is O=c1[nH]c2ccc(S(=O)(=O)N3CCN(c4nc(C5CC5)ns4)CC3)cc2[nH]1. The van der Waals surface area contributed by atoms with E-state index in [9.17, 15) is 13.2 Å². The number of rotatable bonds is 4. The molecule has 1 saturated heterocycles. The number of imidazole rings is 1. The van der Waals surface area contributed by atoms with Crippen molar-refractivity contribution in [3.05, 3.63) is 34.5 Å². The van der Waals surface area contributed by atoms with Gasteiger partial charge in [-0.2, -0.15) is 8.68 Å². The minimum Gasteiger partial charge on any atom is -0.344 e. The van der Waals surface area contributed by atoms with Crippen molar-refractivity contribution in [3.8, 4) is 0 Å². The highest BCUT2D eigenvalue weighted by atomic mass is 32.2. The van der Waals surface area contributed by atoms with E-state index in [0.29, 0.717) is 43.1 Å². The van der Waals surface area contributed by atoms with Gasteiger partial charge in [-0.15, -0.1) is 0 Å². The van der Waals surface area contributed by atoms with Crippen molar-refractivity contribution in [3.63, 3.8) is 0 Å². The first-order valence-electron chi connectivity index (χ1n) is 8.81. The van der Waals surface area contributed by atoms with Crippen LogP contribution in [-0.4, -0.2) is 58.2 Å². The minimum absolute atomic E-state index is 0.186. The number of hydrogen-bond acceptors (Lipinski definition) is 7. The standard InChI is InChI=1S/C16H18N6O3S2/c23-15-17-12-4-3-11(9-13(12)18-15)27(24,25)22-7-5-21(6-8-22)16-19-14(20-26-16)10-1-2-10/h3-4,9-10H,1-2,5-8H2,(H2,17,18,23). The molecule has 2 aromatic heterocycles. The summed E-state index contributed by atoms with van der Waals surface area (Å²) in [5.41, 5.74) is 0.725. The molecule has 142 valence electrons. The van der Waals surface area contributed by atoms with Crippen LogP contribution in [0.1, 0.15) is 24.6 Å². The third-order valence-electron chi connectivity index (χ3n) is 5.01. The van der Waals surface area contributed by atoms with Gasteiger partial charge >= 0.3 is 5.69 Å². The van der Waals surface area contributed by atoms with Gasteiger partial charge in [0.15, 0.2) is 0 Å². The van der Waals surface area contributed by atoms with Crippen LogP contribution < -0.4 is 10.6 Å². The van der Waals surface area contributed by atoms with Crippen LogP contribution in [0.25, 0.3) is 11.0 Å². The third kappa shape index (κ3) is 3.05. The predicted molar refractivity (Wildman–Crippen MR) is 102 cm³/mol. The van der Waals surface area contributed by atoms with E-state index >= 15 is 0 Å². The van der Waals surface area contributed by atoms with Crippen LogP contribution in [-0.2, 0) is 10.0 Å². The third-order valence-corrected chi connectivity index (χ3v) is 7.69. The van der Waals surface area contributed by atoms with E-state index in [4.69, 9.17) is 0 Å². The van der Waals surface area contributed by atoms with Crippen LogP contribution in [0.15, 0.2) is 27.9 Å². The molecule has 1 saturated carbocycles. The van der Waals surface area contributed by atoms with Crippen LogP contribution in [0.2, 0.25) is 0 Å². The molecular weight excluding hydrogens is 388 g/mol. The summed E-state index contributed by atoms with van der Waals surface area (Å²) in [5, 5.41) is 0.875. The fraction of sp³-hybridized carbons (Fsp3) is 0.438. The summed E-state index contributed by atoms with van der Waals surface area (Å²) in [6.45, 7) is 1.95. The Morgan fingerprint density at radius 2 is 1.81 bits per heavy atom. The molecule has 1 aliphatic carbocycles. The van der Waals surface area contributed by atoms with E-state index in [1.807, 2.05) is 0 Å². The summed E-state index contributed by atoms with van der Waals surface area (Å²) in [6.07, 6.45) is 2.33. The number of hydrogen-bond donors (Lipinski definition) is 2. The molecule has 0 atom stereocenters. The zero-order valence-corrected chi connectivity index (χ0v) is 16.0. The van der Waals surface area contributed by atoms with Gasteiger partial charge in [0.05, 0.1) is 15.9 Å². The summed E-state index contributed by atoms with van der Waals surface area (Å²) in [7, 11) is -3.61. The lowest BCUT2D eigenvalue weighted by molar-refractivity contribution is 0.384. The Kier molecular flexibility index (Phi) is 3.85. The zero-order chi connectivity index (χ0) is 18.6. The lowest BCUT2D eigenvalue weighted by Crippen LogP contribution is -2.48. The molecule has 0 spiro atoms. The van der Waals surface area contributed by atoms with Crippen LogP contribution in [0.4, 0.5) is 5.13 Å². The maximum atomic E-state index is 13.0. The molecule has 9 nitrogen and oxygen atoms in total. The molecule has 2 fully saturated rings. The lowest BCUT2D eigenvalue weighted by atomic mass is 10.3. The van der Waals surface area contributed by atoms with Gasteiger partial charge in [0.2, 0.25) is 15.2 Å². The van der Waals surface area contributed by atoms with Crippen LogP contribution in [0, 0.1) is 0 Å². The first-order chi connectivity index (χ1) is 13.0. The van der Waals surface area contributed by atoms with Crippen molar-refractivity contribution in [1.82, 2.24) is 23.6 Å². The minimum atomic E-state index is -3.61. The summed E-state index contributed by atoms with van der Waals surface area (Å²) < 4.78 is 31.8. The van der Waals surface area contributed by atoms with Crippen molar-refractivity contribution in [2.24, 2.45) is 0 Å². The number of anilines is 1. The van der Waals surface area contributed by atoms with Gasteiger partial charge in [0.1, 0.15) is 5.82 Å². The lowest BCUT2D eigenvalue weighted by Gasteiger charge is -2.33. The van der Waals surface area contributed by atoms with Crippen molar-refractivity contribution in [2.75, 3.05) is 31.1 Å². The molecule has 0 unspecified atom stereocenters. The van der Waals surface area contributed by atoms with Crippen molar-refractivity contribution in [2.45, 2.75) is 23.7 Å². The molecule has 5 rings (SSSR count). The molecule has 27 heavy (non-hydrogen) atoms. The molecular formula is C16H18N6O3S2. The van der Waals surface area contributed by atoms with Crippen LogP contribution in [0.5, 0.6) is 0 Å². The van der Waals surface area contributed by atoms with E-state index in [1.54, 1.807) is 6.07 Å². The Morgan fingerprint density at radius 1 is 1.07 bits per heavy atom. The first kappa shape index (κ1) is 16.9. The van der Waals surface area contributed by atoms with Gasteiger partial charge in [-0.1, -0.05) is 0 Å². The highest BCUT2D eigenvalue weighted by Gasteiger charge is 2.32. The Balaban J connectivity index is 1.32. The fourth-order valence-electron chi connectivity index (χ4n) is 3.30. The predicted octanol–water partition coefficient (Wildman–Crippen LogP) is 1.10. The Labute approximate surface area is 159 Å². The second-order valence-corrected chi connectivity index (χ2v) is 9.56. The van der Waals surface area contributed by atoms with Gasteiger partial charge in [0.25, 0.3) is 0 Å². The summed E-state index contributed by atoms with van der Waals surface area (Å²) in [4.78, 5) is 23.5. The van der Waals surface area contributed by atoms with Gasteiger partial charge in [-0.05, 0) is 31.0 Å². The van der Waals surface area contributed by atoms with E-state index in [-0.39, 0.29) is 10.6 Å². The second kappa shape index (κ2) is 6.14. The number of fused-ring (bicyclic) bond motifs is 1. The van der Waals surface area contributed by atoms with Crippen molar-refractivity contribution >= 4 is 37.7 Å². The zero-order valence-electron chi connectivity index (χ0n) is 14.4. The molecule has 0 radical (unpaired) electrons. The number of nitrogens with zero attached hydrogens (tertiary/aromatic N) is 4. The van der Waals surface area contributed by atoms with E-state index < -0.39 is 10.0 Å². The van der Waals surface area contributed by atoms with Gasteiger partial charge < -0.3 is 14.9 Å². The smallest absolute Gasteiger partial charge is 0.323 e. The number of nitrogens with one attached hydrogen (secondary N) is 2. The van der Waals surface area contributed by atoms with Gasteiger partial charge in [-0.3, -0.25) is 0 Å². The number of sulfonamides is 1. The normalized spacial score (nSPS) is 19.0. The molecule has 2 aliphatic rings. The molecule has 3 heterocycles. The Bertz CT molecular complexity index is 1150. The van der Waals surface area contributed by atoms with Crippen LogP contribution >= 0.6 is 11.5 Å². The van der Waals surface area contributed by atoms with Gasteiger partial charge in [0, 0.05) is 43.6 Å². The maximum Gasteiger partial charge on any atom is 0.323 e. The Hall–Kier alpha value is -2.24. The number of benzene rings is 1. The molecule has 1 aliphatic heterocycles. The Morgan fingerprint density at radius 3 is 2.56 bits per heavy atom. The topological polar surface area (TPSA) is 115 Å². The maximum absolute atomic E-state index is 13.0. The molecule has 2 N–H and O–H groups in total.